The van der Waals surface area contributed by atoms with E-state index in [2.05, 4.69) is 0 Å². The maximum atomic E-state index is 12.9. The van der Waals surface area contributed by atoms with Crippen molar-refractivity contribution in [2.24, 2.45) is 0 Å². The van der Waals surface area contributed by atoms with Crippen LogP contribution in [0, 0.1) is 5.82 Å². The van der Waals surface area contributed by atoms with Crippen molar-refractivity contribution in [3.05, 3.63) is 34.6 Å². The molecule has 0 aliphatic heterocycles. The molecule has 1 aliphatic rings. The summed E-state index contributed by atoms with van der Waals surface area (Å²) in [6.45, 7) is 0. The first-order valence-electron chi connectivity index (χ1n) is 6.66. The van der Waals surface area contributed by atoms with Gasteiger partial charge < -0.3 is 5.11 Å². The molecule has 0 aromatic heterocycles. The van der Waals surface area contributed by atoms with Crippen molar-refractivity contribution in [3.8, 4) is 0 Å². The van der Waals surface area contributed by atoms with Gasteiger partial charge in [0.25, 0.3) is 0 Å². The first-order chi connectivity index (χ1) is 9.30. The summed E-state index contributed by atoms with van der Waals surface area (Å²) >= 11 is 5.85. The van der Waals surface area contributed by atoms with Gasteiger partial charge in [-0.3, -0.25) is 0 Å². The van der Waals surface area contributed by atoms with Gasteiger partial charge in [0, 0.05) is 5.02 Å². The van der Waals surface area contributed by atoms with Crippen LogP contribution in [0.1, 0.15) is 37.7 Å². The number of sulfone groups is 1. The van der Waals surface area contributed by atoms with E-state index >= 15 is 0 Å². The molecule has 1 N–H and O–H groups in total. The minimum absolute atomic E-state index is 0.101. The van der Waals surface area contributed by atoms with Crippen molar-refractivity contribution >= 4 is 21.4 Å². The second-order valence-corrected chi connectivity index (χ2v) is 8.02. The molecule has 112 valence electrons. The standard InChI is InChI=1S/C14H18ClFO3S/c15-13-8-12(16)5-4-11(13)9-20(18,19)10-14(17)6-2-1-3-7-14/h4-5,8,17H,1-3,6-7,9-10H2. The summed E-state index contributed by atoms with van der Waals surface area (Å²) in [4.78, 5) is 0. The van der Waals surface area contributed by atoms with Crippen molar-refractivity contribution in [3.63, 3.8) is 0 Å². The van der Waals surface area contributed by atoms with Crippen LogP contribution in [0.3, 0.4) is 0 Å². The molecule has 0 heterocycles. The molecule has 1 aromatic rings. The Morgan fingerprint density at radius 1 is 1.25 bits per heavy atom. The Morgan fingerprint density at radius 2 is 1.90 bits per heavy atom. The summed E-state index contributed by atoms with van der Waals surface area (Å²) in [6.07, 6.45) is 3.77. The first-order valence-corrected chi connectivity index (χ1v) is 8.86. The number of hydrogen-bond donors (Lipinski definition) is 1. The van der Waals surface area contributed by atoms with E-state index < -0.39 is 21.3 Å². The quantitative estimate of drug-likeness (QED) is 0.927. The predicted molar refractivity (Wildman–Crippen MR) is 76.9 cm³/mol. The van der Waals surface area contributed by atoms with Gasteiger partial charge in [-0.15, -0.1) is 0 Å². The highest BCUT2D eigenvalue weighted by Crippen LogP contribution is 2.30. The highest BCUT2D eigenvalue weighted by Gasteiger charge is 2.34. The summed E-state index contributed by atoms with van der Waals surface area (Å²) in [5.41, 5.74) is -0.753. The number of halogens is 2. The fourth-order valence-corrected chi connectivity index (χ4v) is 4.94. The van der Waals surface area contributed by atoms with Gasteiger partial charge in [0.15, 0.2) is 9.84 Å². The Bertz CT molecular complexity index is 580. The van der Waals surface area contributed by atoms with Crippen molar-refractivity contribution in [2.75, 3.05) is 5.75 Å². The fraction of sp³-hybridized carbons (Fsp3) is 0.571. The van der Waals surface area contributed by atoms with Crippen molar-refractivity contribution in [1.82, 2.24) is 0 Å². The van der Waals surface area contributed by atoms with Gasteiger partial charge >= 0.3 is 0 Å². The molecule has 2 rings (SSSR count). The Kier molecular flexibility index (Phi) is 4.72. The fourth-order valence-electron chi connectivity index (χ4n) is 2.69. The summed E-state index contributed by atoms with van der Waals surface area (Å²) in [7, 11) is -3.48. The number of benzene rings is 1. The summed E-state index contributed by atoms with van der Waals surface area (Å²) in [5.74, 6) is -1.02. The highest BCUT2D eigenvalue weighted by molar-refractivity contribution is 7.90. The zero-order chi connectivity index (χ0) is 14.8. The van der Waals surface area contributed by atoms with Crippen LogP contribution in [-0.4, -0.2) is 24.9 Å². The van der Waals surface area contributed by atoms with Gasteiger partial charge in [-0.2, -0.15) is 0 Å². The maximum Gasteiger partial charge on any atom is 0.157 e. The average molecular weight is 321 g/mol. The van der Waals surface area contributed by atoms with Crippen LogP contribution in [-0.2, 0) is 15.6 Å². The second-order valence-electron chi connectivity index (χ2n) is 5.55. The van der Waals surface area contributed by atoms with E-state index in [1.807, 2.05) is 0 Å². The van der Waals surface area contributed by atoms with Gasteiger partial charge in [0.05, 0.1) is 17.1 Å². The number of hydrogen-bond acceptors (Lipinski definition) is 3. The smallest absolute Gasteiger partial charge is 0.157 e. The molecule has 0 amide bonds. The van der Waals surface area contributed by atoms with Crippen LogP contribution in [0.15, 0.2) is 18.2 Å². The largest absolute Gasteiger partial charge is 0.389 e. The molecule has 20 heavy (non-hydrogen) atoms. The minimum Gasteiger partial charge on any atom is -0.389 e. The molecule has 3 nitrogen and oxygen atoms in total. The molecule has 0 unspecified atom stereocenters. The Labute approximate surface area is 123 Å². The van der Waals surface area contributed by atoms with E-state index in [1.54, 1.807) is 0 Å². The molecule has 6 heteroatoms. The van der Waals surface area contributed by atoms with Crippen LogP contribution < -0.4 is 0 Å². The monoisotopic (exact) mass is 320 g/mol. The zero-order valence-corrected chi connectivity index (χ0v) is 12.7. The molecule has 0 spiro atoms. The van der Waals surface area contributed by atoms with Crippen LogP contribution in [0.5, 0.6) is 0 Å². The van der Waals surface area contributed by atoms with E-state index in [0.717, 1.165) is 25.3 Å². The van der Waals surface area contributed by atoms with Gasteiger partial charge in [0.2, 0.25) is 0 Å². The third-order valence-electron chi connectivity index (χ3n) is 3.66. The molecule has 1 aliphatic carbocycles. The number of rotatable bonds is 4. The predicted octanol–water partition coefficient (Wildman–Crippen LogP) is 3.09. The zero-order valence-electron chi connectivity index (χ0n) is 11.1. The Balaban J connectivity index is 2.10. The van der Waals surface area contributed by atoms with Crippen LogP contribution in [0.2, 0.25) is 5.02 Å². The third kappa shape index (κ3) is 4.17. The molecule has 1 saturated carbocycles. The van der Waals surface area contributed by atoms with Crippen LogP contribution in [0.4, 0.5) is 4.39 Å². The van der Waals surface area contributed by atoms with Crippen LogP contribution >= 0.6 is 11.6 Å². The van der Waals surface area contributed by atoms with E-state index in [-0.39, 0.29) is 16.5 Å². The summed E-state index contributed by atoms with van der Waals surface area (Å²) < 4.78 is 37.3. The molecule has 0 atom stereocenters. The lowest BCUT2D eigenvalue weighted by atomic mass is 9.86. The first kappa shape index (κ1) is 15.7. The highest BCUT2D eigenvalue weighted by atomic mass is 35.5. The number of aliphatic hydroxyl groups is 1. The molecule has 0 bridgehead atoms. The molecular formula is C14H18ClFO3S. The van der Waals surface area contributed by atoms with E-state index in [1.165, 1.54) is 12.1 Å². The Hall–Kier alpha value is -0.650. The van der Waals surface area contributed by atoms with Gasteiger partial charge in [-0.05, 0) is 30.5 Å². The summed E-state index contributed by atoms with van der Waals surface area (Å²) in [6, 6.07) is 3.66. The van der Waals surface area contributed by atoms with Crippen LogP contribution in [0.25, 0.3) is 0 Å². The molecule has 0 radical (unpaired) electrons. The topological polar surface area (TPSA) is 54.4 Å². The SMILES string of the molecule is O=S(=O)(Cc1ccc(F)cc1Cl)CC1(O)CCCCC1. The normalized spacial score (nSPS) is 18.9. The van der Waals surface area contributed by atoms with E-state index in [0.29, 0.717) is 18.4 Å². The van der Waals surface area contributed by atoms with Crippen molar-refractivity contribution < 1.29 is 17.9 Å². The molecule has 1 aromatic carbocycles. The van der Waals surface area contributed by atoms with Gasteiger partial charge in [0.1, 0.15) is 5.82 Å². The summed E-state index contributed by atoms with van der Waals surface area (Å²) in [5, 5.41) is 10.4. The average Bonchev–Trinajstić information content (AvgIpc) is 2.32. The molecule has 1 fully saturated rings. The van der Waals surface area contributed by atoms with Gasteiger partial charge in [-0.25, -0.2) is 12.8 Å². The lowest BCUT2D eigenvalue weighted by Gasteiger charge is -2.31. The van der Waals surface area contributed by atoms with E-state index in [4.69, 9.17) is 11.6 Å². The van der Waals surface area contributed by atoms with Crippen molar-refractivity contribution in [1.29, 1.82) is 0 Å². The minimum atomic E-state index is -3.48. The van der Waals surface area contributed by atoms with Crippen molar-refractivity contribution in [2.45, 2.75) is 43.5 Å². The third-order valence-corrected chi connectivity index (χ3v) is 5.74. The van der Waals surface area contributed by atoms with E-state index in [9.17, 15) is 17.9 Å². The lowest BCUT2D eigenvalue weighted by molar-refractivity contribution is 0.0257. The van der Waals surface area contributed by atoms with Gasteiger partial charge in [-0.1, -0.05) is 36.9 Å². The maximum absolute atomic E-state index is 12.9. The molecular weight excluding hydrogens is 303 g/mol. The lowest BCUT2D eigenvalue weighted by Crippen LogP contribution is -2.39. The molecule has 0 saturated heterocycles. The Morgan fingerprint density at radius 3 is 2.50 bits per heavy atom. The second kappa shape index (κ2) is 6.00.